The van der Waals surface area contributed by atoms with E-state index in [4.69, 9.17) is 9.84 Å². The second kappa shape index (κ2) is 5.21. The summed E-state index contributed by atoms with van der Waals surface area (Å²) in [5, 5.41) is 8.69. The van der Waals surface area contributed by atoms with Crippen LogP contribution < -0.4 is 4.74 Å². The molecule has 1 N–H and O–H groups in total. The summed E-state index contributed by atoms with van der Waals surface area (Å²) < 4.78 is 5.90. The van der Waals surface area contributed by atoms with Gasteiger partial charge in [-0.25, -0.2) is 0 Å². The van der Waals surface area contributed by atoms with Crippen LogP contribution in [-0.4, -0.2) is 16.7 Å². The molecule has 0 amide bonds. The average molecular weight is 236 g/mol. The van der Waals surface area contributed by atoms with Crippen LogP contribution in [0.15, 0.2) is 18.2 Å². The molecule has 1 aromatic carbocycles. The van der Waals surface area contributed by atoms with Crippen molar-refractivity contribution in [1.29, 1.82) is 0 Å². The first-order chi connectivity index (χ1) is 7.80. The Hall–Kier alpha value is -1.51. The highest BCUT2D eigenvalue weighted by atomic mass is 16.5. The molecule has 0 radical (unpaired) electrons. The van der Waals surface area contributed by atoms with Crippen molar-refractivity contribution in [2.45, 2.75) is 46.1 Å². The third-order valence-electron chi connectivity index (χ3n) is 2.67. The number of ether oxygens (including phenoxy) is 1. The van der Waals surface area contributed by atoms with Crippen LogP contribution in [0.5, 0.6) is 5.75 Å². The maximum atomic E-state index is 10.6. The maximum Gasteiger partial charge on any atom is 0.303 e. The van der Waals surface area contributed by atoms with Crippen LogP contribution in [0.25, 0.3) is 0 Å². The Kier molecular flexibility index (Phi) is 4.16. The smallest absolute Gasteiger partial charge is 0.303 e. The van der Waals surface area contributed by atoms with Gasteiger partial charge in [0.25, 0.3) is 0 Å². The van der Waals surface area contributed by atoms with Gasteiger partial charge in [-0.15, -0.1) is 0 Å². The van der Waals surface area contributed by atoms with Crippen LogP contribution in [0.4, 0.5) is 0 Å². The molecule has 0 spiro atoms. The van der Waals surface area contributed by atoms with Crippen molar-refractivity contribution in [1.82, 2.24) is 0 Å². The number of carboxylic acids is 1. The lowest BCUT2D eigenvalue weighted by molar-refractivity contribution is -0.138. The quantitative estimate of drug-likeness (QED) is 0.853. The summed E-state index contributed by atoms with van der Waals surface area (Å²) in [6, 6.07) is 6.03. The molecular formula is C14H20O3. The number of rotatable bonds is 5. The Morgan fingerprint density at radius 2 is 2.00 bits per heavy atom. The van der Waals surface area contributed by atoms with E-state index in [0.29, 0.717) is 6.42 Å². The molecule has 1 rings (SSSR count). The number of carbonyl (C=O) groups is 1. The van der Waals surface area contributed by atoms with Crippen molar-refractivity contribution in [2.24, 2.45) is 0 Å². The molecule has 0 bridgehead atoms. The molecule has 1 aromatic rings. The van der Waals surface area contributed by atoms with Crippen LogP contribution in [0.2, 0.25) is 0 Å². The zero-order valence-electron chi connectivity index (χ0n) is 10.9. The van der Waals surface area contributed by atoms with E-state index in [1.54, 1.807) is 0 Å². The summed E-state index contributed by atoms with van der Waals surface area (Å²) in [4.78, 5) is 10.6. The molecule has 0 aromatic heterocycles. The van der Waals surface area contributed by atoms with Crippen molar-refractivity contribution in [3.63, 3.8) is 0 Å². The van der Waals surface area contributed by atoms with Crippen molar-refractivity contribution in [2.75, 3.05) is 0 Å². The van der Waals surface area contributed by atoms with Gasteiger partial charge in [0.05, 0.1) is 0 Å². The topological polar surface area (TPSA) is 46.5 Å². The minimum atomic E-state index is -0.789. The highest BCUT2D eigenvalue weighted by molar-refractivity contribution is 5.66. The average Bonchev–Trinajstić information content (AvgIpc) is 2.20. The highest BCUT2D eigenvalue weighted by Crippen LogP contribution is 2.26. The van der Waals surface area contributed by atoms with E-state index in [0.717, 1.165) is 16.9 Å². The Bertz CT molecular complexity index is 408. The zero-order chi connectivity index (χ0) is 13.1. The molecule has 0 aliphatic rings. The van der Waals surface area contributed by atoms with E-state index in [-0.39, 0.29) is 6.42 Å². The number of carboxylic acid groups (broad SMARTS) is 1. The minimum absolute atomic E-state index is 0.123. The van der Waals surface area contributed by atoms with Gasteiger partial charge >= 0.3 is 5.97 Å². The number of hydrogen-bond donors (Lipinski definition) is 1. The third-order valence-corrected chi connectivity index (χ3v) is 2.67. The molecule has 3 heteroatoms. The second-order valence-electron chi connectivity index (χ2n) is 5.02. The molecule has 0 aliphatic carbocycles. The lowest BCUT2D eigenvalue weighted by Crippen LogP contribution is -2.29. The van der Waals surface area contributed by atoms with Crippen LogP contribution in [-0.2, 0) is 4.79 Å². The van der Waals surface area contributed by atoms with E-state index < -0.39 is 11.6 Å². The first-order valence-corrected chi connectivity index (χ1v) is 5.78. The molecule has 0 heterocycles. The van der Waals surface area contributed by atoms with Crippen molar-refractivity contribution < 1.29 is 14.6 Å². The standard InChI is InChI=1S/C14H20O3/c1-10-5-6-11(2)12(9-10)17-14(3,4)8-7-13(15)16/h5-6,9H,7-8H2,1-4H3,(H,15,16). The van der Waals surface area contributed by atoms with E-state index >= 15 is 0 Å². The summed E-state index contributed by atoms with van der Waals surface area (Å²) in [6.07, 6.45) is 0.619. The molecule has 0 atom stereocenters. The second-order valence-corrected chi connectivity index (χ2v) is 5.02. The van der Waals surface area contributed by atoms with Crippen LogP contribution >= 0.6 is 0 Å². The third kappa shape index (κ3) is 4.47. The molecule has 0 fully saturated rings. The predicted octanol–water partition coefficient (Wildman–Crippen LogP) is 3.33. The largest absolute Gasteiger partial charge is 0.488 e. The summed E-state index contributed by atoms with van der Waals surface area (Å²) in [6.45, 7) is 7.83. The Labute approximate surface area is 102 Å². The Morgan fingerprint density at radius 3 is 2.59 bits per heavy atom. The first kappa shape index (κ1) is 13.6. The fraction of sp³-hybridized carbons (Fsp3) is 0.500. The summed E-state index contributed by atoms with van der Waals surface area (Å²) in [5.74, 6) is 0.0445. The van der Waals surface area contributed by atoms with Crippen LogP contribution in [0.1, 0.15) is 37.8 Å². The van der Waals surface area contributed by atoms with Crippen LogP contribution in [0, 0.1) is 13.8 Å². The predicted molar refractivity (Wildman–Crippen MR) is 67.5 cm³/mol. The normalized spacial score (nSPS) is 11.3. The Balaban J connectivity index is 2.74. The number of hydrogen-bond acceptors (Lipinski definition) is 2. The fourth-order valence-corrected chi connectivity index (χ4v) is 1.57. The van der Waals surface area contributed by atoms with Gasteiger partial charge in [0.15, 0.2) is 0 Å². The fourth-order valence-electron chi connectivity index (χ4n) is 1.57. The maximum absolute atomic E-state index is 10.6. The molecular weight excluding hydrogens is 216 g/mol. The van der Waals surface area contributed by atoms with Gasteiger partial charge in [-0.05, 0) is 51.3 Å². The van der Waals surface area contributed by atoms with Crippen LogP contribution in [0.3, 0.4) is 0 Å². The summed E-state index contributed by atoms with van der Waals surface area (Å²) in [5.41, 5.74) is 1.75. The molecule has 3 nitrogen and oxygen atoms in total. The van der Waals surface area contributed by atoms with Gasteiger partial charge in [0, 0.05) is 6.42 Å². The van der Waals surface area contributed by atoms with Crippen molar-refractivity contribution >= 4 is 5.97 Å². The molecule has 94 valence electrons. The monoisotopic (exact) mass is 236 g/mol. The number of aryl methyl sites for hydroxylation is 2. The zero-order valence-corrected chi connectivity index (χ0v) is 10.9. The SMILES string of the molecule is Cc1ccc(C)c(OC(C)(C)CCC(=O)O)c1. The van der Waals surface area contributed by atoms with E-state index in [1.807, 2.05) is 45.9 Å². The van der Waals surface area contributed by atoms with Gasteiger partial charge < -0.3 is 9.84 Å². The van der Waals surface area contributed by atoms with Crippen molar-refractivity contribution in [3.05, 3.63) is 29.3 Å². The van der Waals surface area contributed by atoms with Gasteiger partial charge in [-0.2, -0.15) is 0 Å². The lowest BCUT2D eigenvalue weighted by atomic mass is 10.0. The molecule has 0 saturated heterocycles. The number of aliphatic carboxylic acids is 1. The summed E-state index contributed by atoms with van der Waals surface area (Å²) in [7, 11) is 0. The Morgan fingerprint density at radius 1 is 1.35 bits per heavy atom. The minimum Gasteiger partial charge on any atom is -0.488 e. The van der Waals surface area contributed by atoms with Gasteiger partial charge in [0.1, 0.15) is 11.4 Å². The van der Waals surface area contributed by atoms with E-state index in [9.17, 15) is 4.79 Å². The molecule has 0 saturated carbocycles. The van der Waals surface area contributed by atoms with E-state index in [1.165, 1.54) is 0 Å². The number of benzene rings is 1. The van der Waals surface area contributed by atoms with Gasteiger partial charge in [-0.1, -0.05) is 12.1 Å². The van der Waals surface area contributed by atoms with E-state index in [2.05, 4.69) is 0 Å². The molecule has 0 unspecified atom stereocenters. The lowest BCUT2D eigenvalue weighted by Gasteiger charge is -2.27. The van der Waals surface area contributed by atoms with Gasteiger partial charge in [-0.3, -0.25) is 4.79 Å². The first-order valence-electron chi connectivity index (χ1n) is 5.78. The highest BCUT2D eigenvalue weighted by Gasteiger charge is 2.21. The van der Waals surface area contributed by atoms with Gasteiger partial charge in [0.2, 0.25) is 0 Å². The molecule has 0 aliphatic heterocycles. The molecule has 17 heavy (non-hydrogen) atoms. The van der Waals surface area contributed by atoms with Crippen molar-refractivity contribution in [3.8, 4) is 5.75 Å². The summed E-state index contributed by atoms with van der Waals surface area (Å²) >= 11 is 0.